The normalized spacial score (nSPS) is 15.2. The van der Waals surface area contributed by atoms with Crippen molar-refractivity contribution in [1.29, 1.82) is 5.41 Å². The molecule has 0 bridgehead atoms. The van der Waals surface area contributed by atoms with Gasteiger partial charge < -0.3 is 15.8 Å². The third-order valence-corrected chi connectivity index (χ3v) is 9.00. The molecular weight excluding hydrogens is 546 g/mol. The second kappa shape index (κ2) is 11.9. The minimum Gasteiger partial charge on any atom is -0.423 e. The van der Waals surface area contributed by atoms with Crippen molar-refractivity contribution < 1.29 is 17.9 Å². The topological polar surface area (TPSA) is 146 Å². The summed E-state index contributed by atoms with van der Waals surface area (Å²) in [5.74, 6) is 1.62. The van der Waals surface area contributed by atoms with Crippen LogP contribution in [0.5, 0.6) is 0 Å². The first-order valence-electron chi connectivity index (χ1n) is 12.9. The van der Waals surface area contributed by atoms with Gasteiger partial charge in [0.05, 0.1) is 4.90 Å². The standard InChI is InChI=1S/C29H35N5O4S2/c1-28(2,3)34-40(36,37)25-10-5-4-9-24(25)20-11-13-22(14-12-20)32-27(35)38-29(15-17-39-18-16-29)33-23-8-6-7-21(19-23)26(30)31/h4-14,19,33-34H,15-18H2,1-3H3,(H3,30,31)(H,32,35). The number of carbonyl (C=O) groups excluding carboxylic acids is 1. The van der Waals surface area contributed by atoms with Gasteiger partial charge >= 0.3 is 6.09 Å². The molecule has 0 saturated carbocycles. The zero-order valence-electron chi connectivity index (χ0n) is 22.8. The number of anilines is 2. The number of amidine groups is 1. The lowest BCUT2D eigenvalue weighted by molar-refractivity contribution is 0.0354. The molecule has 3 aromatic rings. The summed E-state index contributed by atoms with van der Waals surface area (Å²) in [6.07, 6.45) is 0.622. The van der Waals surface area contributed by atoms with Crippen LogP contribution in [0, 0.1) is 5.41 Å². The number of nitrogens with two attached hydrogens (primary N) is 1. The summed E-state index contributed by atoms with van der Waals surface area (Å²) in [6.45, 7) is 5.38. The molecule has 9 nitrogen and oxygen atoms in total. The van der Waals surface area contributed by atoms with Crippen molar-refractivity contribution in [1.82, 2.24) is 4.72 Å². The molecule has 11 heteroatoms. The minimum absolute atomic E-state index is 0.0373. The van der Waals surface area contributed by atoms with Crippen molar-refractivity contribution in [3.05, 3.63) is 78.4 Å². The highest BCUT2D eigenvalue weighted by Gasteiger charge is 2.36. The van der Waals surface area contributed by atoms with Crippen LogP contribution in [-0.4, -0.2) is 43.1 Å². The van der Waals surface area contributed by atoms with Crippen LogP contribution in [-0.2, 0) is 14.8 Å². The molecule has 1 heterocycles. The van der Waals surface area contributed by atoms with Gasteiger partial charge in [-0.25, -0.2) is 17.9 Å². The third-order valence-electron chi connectivity index (χ3n) is 6.19. The maximum Gasteiger partial charge on any atom is 0.413 e. The molecule has 0 radical (unpaired) electrons. The van der Waals surface area contributed by atoms with Crippen molar-refractivity contribution in [3.63, 3.8) is 0 Å². The van der Waals surface area contributed by atoms with E-state index in [1.165, 1.54) is 0 Å². The highest BCUT2D eigenvalue weighted by Crippen LogP contribution is 2.33. The number of hydrogen-bond donors (Lipinski definition) is 5. The van der Waals surface area contributed by atoms with E-state index >= 15 is 0 Å². The van der Waals surface area contributed by atoms with Gasteiger partial charge in [0.15, 0.2) is 5.72 Å². The van der Waals surface area contributed by atoms with Crippen molar-refractivity contribution in [2.45, 2.75) is 49.8 Å². The van der Waals surface area contributed by atoms with Gasteiger partial charge in [-0.05, 0) is 68.2 Å². The monoisotopic (exact) mass is 581 g/mol. The lowest BCUT2D eigenvalue weighted by Gasteiger charge is -2.37. The van der Waals surface area contributed by atoms with Gasteiger partial charge in [0.1, 0.15) is 5.84 Å². The van der Waals surface area contributed by atoms with Crippen molar-refractivity contribution in [2.75, 3.05) is 22.1 Å². The Kier molecular flexibility index (Phi) is 8.77. The molecule has 4 rings (SSSR count). The summed E-state index contributed by atoms with van der Waals surface area (Å²) in [7, 11) is -3.75. The Morgan fingerprint density at radius 1 is 0.975 bits per heavy atom. The highest BCUT2D eigenvalue weighted by atomic mass is 32.2. The van der Waals surface area contributed by atoms with Gasteiger partial charge in [-0.1, -0.05) is 42.5 Å². The number of nitrogen functional groups attached to an aromatic ring is 1. The van der Waals surface area contributed by atoms with E-state index in [9.17, 15) is 13.2 Å². The minimum atomic E-state index is -3.75. The van der Waals surface area contributed by atoms with Gasteiger partial charge in [0, 0.05) is 40.9 Å². The smallest absolute Gasteiger partial charge is 0.413 e. The number of carbonyl (C=O) groups is 1. The summed E-state index contributed by atoms with van der Waals surface area (Å²) in [5.41, 5.74) is 7.18. The molecule has 3 aromatic carbocycles. The van der Waals surface area contributed by atoms with Crippen molar-refractivity contribution in [2.24, 2.45) is 5.73 Å². The molecule has 0 unspecified atom stereocenters. The summed E-state index contributed by atoms with van der Waals surface area (Å²) < 4.78 is 34.8. The molecule has 212 valence electrons. The molecule has 0 aromatic heterocycles. The van der Waals surface area contributed by atoms with Gasteiger partial charge in [-0.3, -0.25) is 10.7 Å². The predicted octanol–water partition coefficient (Wildman–Crippen LogP) is 5.60. The number of sulfonamides is 1. The average Bonchev–Trinajstić information content (AvgIpc) is 2.88. The first kappa shape index (κ1) is 29.4. The molecule has 40 heavy (non-hydrogen) atoms. The summed E-state index contributed by atoms with van der Waals surface area (Å²) in [4.78, 5) is 13.2. The number of ether oxygens (including phenoxy) is 1. The Hall–Kier alpha value is -3.54. The fourth-order valence-corrected chi connectivity index (χ4v) is 7.23. The molecule has 1 aliphatic rings. The first-order valence-corrected chi connectivity index (χ1v) is 15.5. The van der Waals surface area contributed by atoms with Crippen molar-refractivity contribution >= 4 is 45.1 Å². The van der Waals surface area contributed by atoms with Crippen LogP contribution >= 0.6 is 11.8 Å². The van der Waals surface area contributed by atoms with E-state index in [2.05, 4.69) is 15.4 Å². The molecule has 1 aliphatic heterocycles. The number of hydrogen-bond acceptors (Lipinski definition) is 7. The van der Waals surface area contributed by atoms with E-state index < -0.39 is 27.4 Å². The second-order valence-corrected chi connectivity index (χ2v) is 13.5. The zero-order valence-corrected chi connectivity index (χ0v) is 24.4. The van der Waals surface area contributed by atoms with Crippen molar-refractivity contribution in [3.8, 4) is 11.1 Å². The maximum atomic E-state index is 13.0. The van der Waals surface area contributed by atoms with Gasteiger partial charge in [0.2, 0.25) is 10.0 Å². The molecule has 1 saturated heterocycles. The maximum absolute atomic E-state index is 13.0. The molecule has 0 aliphatic carbocycles. The quantitative estimate of drug-likeness (QED) is 0.132. The van der Waals surface area contributed by atoms with Gasteiger partial charge in [-0.15, -0.1) is 0 Å². The Morgan fingerprint density at radius 3 is 2.30 bits per heavy atom. The third kappa shape index (κ3) is 7.56. The molecule has 1 fully saturated rings. The zero-order chi connectivity index (χ0) is 29.0. The second-order valence-electron chi connectivity index (χ2n) is 10.7. The van der Waals surface area contributed by atoms with Gasteiger partial charge in [0.25, 0.3) is 0 Å². The molecule has 1 amide bonds. The van der Waals surface area contributed by atoms with E-state index in [1.807, 2.05) is 6.07 Å². The van der Waals surface area contributed by atoms with Crippen LogP contribution < -0.4 is 21.1 Å². The Bertz CT molecular complexity index is 1480. The Labute approximate surface area is 239 Å². The van der Waals surface area contributed by atoms with Crippen LogP contribution in [0.25, 0.3) is 11.1 Å². The SMILES string of the molecule is CC(C)(C)NS(=O)(=O)c1ccccc1-c1ccc(NC(=O)OC2(Nc3cccc(C(=N)N)c3)CCSCC2)cc1. The highest BCUT2D eigenvalue weighted by molar-refractivity contribution is 7.99. The first-order chi connectivity index (χ1) is 18.9. The Balaban J connectivity index is 1.49. The largest absolute Gasteiger partial charge is 0.423 e. The number of amides is 1. The van der Waals surface area contributed by atoms with Crippen LogP contribution in [0.2, 0.25) is 0 Å². The van der Waals surface area contributed by atoms with Gasteiger partial charge in [-0.2, -0.15) is 11.8 Å². The van der Waals surface area contributed by atoms with Crippen LogP contribution in [0.15, 0.2) is 77.7 Å². The lowest BCUT2D eigenvalue weighted by atomic mass is 10.1. The van der Waals surface area contributed by atoms with Crippen LogP contribution in [0.3, 0.4) is 0 Å². The summed E-state index contributed by atoms with van der Waals surface area (Å²) in [5, 5.41) is 13.9. The number of nitrogens with one attached hydrogen (secondary N) is 4. The van der Waals surface area contributed by atoms with E-state index in [0.717, 1.165) is 11.5 Å². The van der Waals surface area contributed by atoms with E-state index in [-0.39, 0.29) is 10.7 Å². The van der Waals surface area contributed by atoms with E-state index in [1.54, 1.807) is 99.3 Å². The number of rotatable bonds is 8. The van der Waals surface area contributed by atoms with E-state index in [0.29, 0.717) is 40.9 Å². The predicted molar refractivity (Wildman–Crippen MR) is 162 cm³/mol. The average molecular weight is 582 g/mol. The fourth-order valence-electron chi connectivity index (χ4n) is 4.43. The summed E-state index contributed by atoms with van der Waals surface area (Å²) in [6, 6.07) is 20.9. The Morgan fingerprint density at radius 2 is 1.65 bits per heavy atom. The molecular formula is C29H35N5O4S2. The molecule has 0 spiro atoms. The number of thioether (sulfide) groups is 1. The summed E-state index contributed by atoms with van der Waals surface area (Å²) >= 11 is 1.80. The van der Waals surface area contributed by atoms with Crippen LogP contribution in [0.1, 0.15) is 39.2 Å². The molecule has 6 N–H and O–H groups in total. The van der Waals surface area contributed by atoms with E-state index in [4.69, 9.17) is 15.9 Å². The lowest BCUT2D eigenvalue weighted by Crippen LogP contribution is -2.47. The fraction of sp³-hybridized carbons (Fsp3) is 0.310. The molecule has 0 atom stereocenters. The number of benzene rings is 3. The van der Waals surface area contributed by atoms with Crippen LogP contribution in [0.4, 0.5) is 16.2 Å².